The highest BCUT2D eigenvalue weighted by molar-refractivity contribution is 5.82. The standard InChI is InChI=1S/C16H25N3O2/c1-12(13-8-9-13)19(10-11-21-2)15(16(20)18-17)14-6-4-3-5-7-14/h3-7,12-13,15H,8-11,17H2,1-2H3,(H,18,20). The Balaban J connectivity index is 2.27. The van der Waals surface area contributed by atoms with E-state index in [9.17, 15) is 4.79 Å². The number of carbonyl (C=O) groups excluding carboxylic acids is 1. The van der Waals surface area contributed by atoms with Crippen molar-refractivity contribution in [1.29, 1.82) is 0 Å². The van der Waals surface area contributed by atoms with Crippen LogP contribution in [0.5, 0.6) is 0 Å². The number of amides is 1. The van der Waals surface area contributed by atoms with E-state index in [1.807, 2.05) is 30.3 Å². The van der Waals surface area contributed by atoms with Crippen molar-refractivity contribution in [3.05, 3.63) is 35.9 Å². The predicted octanol–water partition coefficient (Wildman–Crippen LogP) is 1.46. The van der Waals surface area contributed by atoms with Crippen molar-refractivity contribution in [2.75, 3.05) is 20.3 Å². The molecule has 1 aromatic carbocycles. The normalized spacial score (nSPS) is 17.5. The lowest BCUT2D eigenvalue weighted by molar-refractivity contribution is -0.128. The van der Waals surface area contributed by atoms with Crippen molar-refractivity contribution in [3.8, 4) is 0 Å². The molecule has 1 aliphatic rings. The van der Waals surface area contributed by atoms with Crippen molar-refractivity contribution in [3.63, 3.8) is 0 Å². The van der Waals surface area contributed by atoms with Gasteiger partial charge in [-0.1, -0.05) is 30.3 Å². The van der Waals surface area contributed by atoms with Crippen LogP contribution < -0.4 is 11.3 Å². The second kappa shape index (κ2) is 7.54. The lowest BCUT2D eigenvalue weighted by Crippen LogP contribution is -2.48. The van der Waals surface area contributed by atoms with E-state index in [0.29, 0.717) is 25.1 Å². The van der Waals surface area contributed by atoms with Gasteiger partial charge in [-0.25, -0.2) is 5.84 Å². The quantitative estimate of drug-likeness (QED) is 0.432. The Kier molecular flexibility index (Phi) is 5.73. The van der Waals surface area contributed by atoms with Gasteiger partial charge in [-0.15, -0.1) is 0 Å². The molecule has 116 valence electrons. The summed E-state index contributed by atoms with van der Waals surface area (Å²) in [6.07, 6.45) is 2.47. The summed E-state index contributed by atoms with van der Waals surface area (Å²) in [5.41, 5.74) is 3.28. The molecule has 2 rings (SSSR count). The molecule has 0 bridgehead atoms. The Labute approximate surface area is 126 Å². The van der Waals surface area contributed by atoms with Gasteiger partial charge in [0.25, 0.3) is 5.91 Å². The molecule has 0 spiro atoms. The largest absolute Gasteiger partial charge is 0.383 e. The molecule has 21 heavy (non-hydrogen) atoms. The summed E-state index contributed by atoms with van der Waals surface area (Å²) < 4.78 is 5.22. The van der Waals surface area contributed by atoms with E-state index in [1.165, 1.54) is 12.8 Å². The number of benzene rings is 1. The van der Waals surface area contributed by atoms with Gasteiger partial charge in [0.05, 0.1) is 6.61 Å². The Hall–Kier alpha value is -1.43. The topological polar surface area (TPSA) is 67.6 Å². The van der Waals surface area contributed by atoms with Crippen LogP contribution in [0.15, 0.2) is 30.3 Å². The number of hydrazine groups is 1. The molecule has 5 nitrogen and oxygen atoms in total. The monoisotopic (exact) mass is 291 g/mol. The predicted molar refractivity (Wildman–Crippen MR) is 82.3 cm³/mol. The zero-order chi connectivity index (χ0) is 15.2. The molecule has 0 aromatic heterocycles. The lowest BCUT2D eigenvalue weighted by Gasteiger charge is -2.35. The van der Waals surface area contributed by atoms with Gasteiger partial charge in [0.1, 0.15) is 6.04 Å². The molecule has 1 fully saturated rings. The van der Waals surface area contributed by atoms with Crippen LogP contribution >= 0.6 is 0 Å². The highest BCUT2D eigenvalue weighted by Gasteiger charge is 2.37. The van der Waals surface area contributed by atoms with E-state index in [1.54, 1.807) is 7.11 Å². The van der Waals surface area contributed by atoms with Crippen LogP contribution in [0.1, 0.15) is 31.4 Å². The van der Waals surface area contributed by atoms with Crippen molar-refractivity contribution in [1.82, 2.24) is 10.3 Å². The first kappa shape index (κ1) is 15.9. The molecule has 0 radical (unpaired) electrons. The maximum atomic E-state index is 12.3. The van der Waals surface area contributed by atoms with Crippen molar-refractivity contribution in [2.45, 2.75) is 31.8 Å². The minimum Gasteiger partial charge on any atom is -0.383 e. The summed E-state index contributed by atoms with van der Waals surface area (Å²) in [6, 6.07) is 9.75. The Morgan fingerprint density at radius 2 is 2.10 bits per heavy atom. The van der Waals surface area contributed by atoms with Gasteiger partial charge >= 0.3 is 0 Å². The van der Waals surface area contributed by atoms with E-state index in [4.69, 9.17) is 10.6 Å². The molecule has 1 aliphatic carbocycles. The highest BCUT2D eigenvalue weighted by Crippen LogP contribution is 2.38. The van der Waals surface area contributed by atoms with E-state index in [2.05, 4.69) is 17.2 Å². The first-order valence-electron chi connectivity index (χ1n) is 7.49. The summed E-state index contributed by atoms with van der Waals surface area (Å²) in [7, 11) is 1.68. The summed E-state index contributed by atoms with van der Waals surface area (Å²) >= 11 is 0. The van der Waals surface area contributed by atoms with Gasteiger partial charge in [-0.3, -0.25) is 15.1 Å². The van der Waals surface area contributed by atoms with E-state index in [0.717, 1.165) is 5.56 Å². The zero-order valence-electron chi connectivity index (χ0n) is 12.8. The number of methoxy groups -OCH3 is 1. The van der Waals surface area contributed by atoms with Crippen LogP contribution in [-0.2, 0) is 9.53 Å². The van der Waals surface area contributed by atoms with Gasteiger partial charge in [-0.2, -0.15) is 0 Å². The van der Waals surface area contributed by atoms with Gasteiger partial charge in [-0.05, 0) is 31.2 Å². The molecule has 3 N–H and O–H groups in total. The molecule has 1 saturated carbocycles. The molecule has 0 aliphatic heterocycles. The second-order valence-electron chi connectivity index (χ2n) is 5.63. The fraction of sp³-hybridized carbons (Fsp3) is 0.562. The SMILES string of the molecule is COCCN(C(C(=O)NN)c1ccccc1)C(C)C1CC1. The summed E-state index contributed by atoms with van der Waals surface area (Å²) in [5, 5.41) is 0. The third kappa shape index (κ3) is 4.03. The van der Waals surface area contributed by atoms with E-state index < -0.39 is 0 Å². The number of nitrogens with two attached hydrogens (primary N) is 1. The summed E-state index contributed by atoms with van der Waals surface area (Å²) in [6.45, 7) is 3.49. The van der Waals surface area contributed by atoms with E-state index >= 15 is 0 Å². The second-order valence-corrected chi connectivity index (χ2v) is 5.63. The highest BCUT2D eigenvalue weighted by atomic mass is 16.5. The number of rotatable bonds is 8. The molecule has 0 saturated heterocycles. The maximum absolute atomic E-state index is 12.3. The molecule has 0 heterocycles. The number of nitrogens with zero attached hydrogens (tertiary/aromatic N) is 1. The van der Waals surface area contributed by atoms with Crippen LogP contribution in [0, 0.1) is 5.92 Å². The smallest absolute Gasteiger partial charge is 0.255 e. The number of carbonyl (C=O) groups is 1. The van der Waals surface area contributed by atoms with Crippen LogP contribution in [0.3, 0.4) is 0 Å². The first-order valence-corrected chi connectivity index (χ1v) is 7.49. The Bertz CT molecular complexity index is 448. The molecule has 1 amide bonds. The average molecular weight is 291 g/mol. The van der Waals surface area contributed by atoms with Crippen LogP contribution in [0.2, 0.25) is 0 Å². The average Bonchev–Trinajstić information content (AvgIpc) is 3.35. The fourth-order valence-electron chi connectivity index (χ4n) is 2.82. The zero-order valence-corrected chi connectivity index (χ0v) is 12.8. The van der Waals surface area contributed by atoms with Crippen LogP contribution in [0.25, 0.3) is 0 Å². The summed E-state index contributed by atoms with van der Waals surface area (Å²) in [5.74, 6) is 5.90. The van der Waals surface area contributed by atoms with Crippen molar-refractivity contribution in [2.24, 2.45) is 11.8 Å². The third-order valence-corrected chi connectivity index (χ3v) is 4.22. The Morgan fingerprint density at radius 1 is 1.43 bits per heavy atom. The molecule has 2 unspecified atom stereocenters. The number of nitrogens with one attached hydrogen (secondary N) is 1. The first-order chi connectivity index (χ1) is 10.2. The van der Waals surface area contributed by atoms with Gasteiger partial charge in [0.2, 0.25) is 0 Å². The fourth-order valence-corrected chi connectivity index (χ4v) is 2.82. The van der Waals surface area contributed by atoms with E-state index in [-0.39, 0.29) is 11.9 Å². The van der Waals surface area contributed by atoms with Crippen LogP contribution in [0.4, 0.5) is 0 Å². The molecule has 2 atom stereocenters. The van der Waals surface area contributed by atoms with Crippen LogP contribution in [-0.4, -0.2) is 37.1 Å². The number of ether oxygens (including phenoxy) is 1. The third-order valence-electron chi connectivity index (χ3n) is 4.22. The Morgan fingerprint density at radius 3 is 2.62 bits per heavy atom. The molecule has 5 heteroatoms. The molecular formula is C16H25N3O2. The lowest BCUT2D eigenvalue weighted by atomic mass is 10.0. The molecular weight excluding hydrogens is 266 g/mol. The van der Waals surface area contributed by atoms with Gasteiger partial charge < -0.3 is 4.74 Å². The van der Waals surface area contributed by atoms with Crippen molar-refractivity contribution < 1.29 is 9.53 Å². The van der Waals surface area contributed by atoms with Gasteiger partial charge in [0, 0.05) is 19.7 Å². The number of hydrogen-bond acceptors (Lipinski definition) is 4. The molecule has 1 aromatic rings. The summed E-state index contributed by atoms with van der Waals surface area (Å²) in [4.78, 5) is 14.6. The maximum Gasteiger partial charge on any atom is 0.255 e. The van der Waals surface area contributed by atoms with Gasteiger partial charge in [0.15, 0.2) is 0 Å². The van der Waals surface area contributed by atoms with Crippen molar-refractivity contribution >= 4 is 5.91 Å². The minimum absolute atomic E-state index is 0.176. The minimum atomic E-state index is -0.373. The number of hydrogen-bond donors (Lipinski definition) is 2.